The second kappa shape index (κ2) is 6.12. The number of thiazole rings is 1. The van der Waals surface area contributed by atoms with Crippen LogP contribution >= 0.6 is 11.3 Å². The lowest BCUT2D eigenvalue weighted by molar-refractivity contribution is -0.145. The second-order valence-corrected chi connectivity index (χ2v) is 5.46. The van der Waals surface area contributed by atoms with Crippen molar-refractivity contribution in [1.82, 2.24) is 9.88 Å². The first kappa shape index (κ1) is 14.0. The van der Waals surface area contributed by atoms with E-state index in [1.807, 2.05) is 0 Å². The normalized spacial score (nSPS) is 20.2. The van der Waals surface area contributed by atoms with E-state index in [0.717, 1.165) is 12.8 Å². The van der Waals surface area contributed by atoms with E-state index in [2.05, 4.69) is 4.98 Å². The summed E-state index contributed by atoms with van der Waals surface area (Å²) in [7, 11) is 1.67. The van der Waals surface area contributed by atoms with E-state index in [0.29, 0.717) is 18.1 Å². The van der Waals surface area contributed by atoms with Crippen molar-refractivity contribution in [3.63, 3.8) is 0 Å². The highest BCUT2D eigenvalue weighted by atomic mass is 32.1. The van der Waals surface area contributed by atoms with Crippen LogP contribution < -0.4 is 4.90 Å². The molecule has 1 amide bonds. The van der Waals surface area contributed by atoms with Gasteiger partial charge in [0.1, 0.15) is 6.04 Å². The molecule has 0 spiro atoms. The molecule has 19 heavy (non-hydrogen) atoms. The van der Waals surface area contributed by atoms with Crippen LogP contribution in [0, 0.1) is 0 Å². The first-order chi connectivity index (χ1) is 9.09. The van der Waals surface area contributed by atoms with Gasteiger partial charge in [0.25, 0.3) is 0 Å². The summed E-state index contributed by atoms with van der Waals surface area (Å²) < 4.78 is 0. The summed E-state index contributed by atoms with van der Waals surface area (Å²) in [5.74, 6) is -0.965. The van der Waals surface area contributed by atoms with E-state index in [4.69, 9.17) is 5.11 Å². The van der Waals surface area contributed by atoms with Gasteiger partial charge in [0.05, 0.1) is 6.54 Å². The average Bonchev–Trinajstić information content (AvgIpc) is 2.92. The van der Waals surface area contributed by atoms with Gasteiger partial charge in [-0.05, 0) is 19.4 Å². The lowest BCUT2D eigenvalue weighted by Crippen LogP contribution is -2.49. The molecule has 0 saturated carbocycles. The van der Waals surface area contributed by atoms with Crippen LogP contribution in [0.4, 0.5) is 5.13 Å². The molecule has 0 bridgehead atoms. The third kappa shape index (κ3) is 3.30. The van der Waals surface area contributed by atoms with Crippen LogP contribution in [-0.4, -0.2) is 53.0 Å². The predicted molar refractivity (Wildman–Crippen MR) is 72.4 cm³/mol. The molecule has 6 nitrogen and oxygen atoms in total. The van der Waals surface area contributed by atoms with Gasteiger partial charge in [0, 0.05) is 18.6 Å². The number of hydrogen-bond donors (Lipinski definition) is 1. The zero-order valence-corrected chi connectivity index (χ0v) is 11.6. The third-order valence-electron chi connectivity index (χ3n) is 3.32. The number of piperidine rings is 1. The van der Waals surface area contributed by atoms with Crippen molar-refractivity contribution < 1.29 is 14.7 Å². The number of amides is 1. The van der Waals surface area contributed by atoms with Crippen molar-refractivity contribution in [2.24, 2.45) is 0 Å². The Hall–Kier alpha value is -1.47. The van der Waals surface area contributed by atoms with Gasteiger partial charge in [0.2, 0.25) is 5.91 Å². The number of likely N-dealkylation sites (N-methyl/N-ethyl adjacent to an activating group) is 1. The van der Waals surface area contributed by atoms with Crippen molar-refractivity contribution in [3.05, 3.63) is 11.6 Å². The first-order valence-electron chi connectivity index (χ1n) is 6.22. The predicted octanol–water partition coefficient (Wildman–Crippen LogP) is 1.04. The quantitative estimate of drug-likeness (QED) is 0.894. The van der Waals surface area contributed by atoms with Crippen LogP contribution in [0.15, 0.2) is 11.6 Å². The molecule has 1 atom stereocenters. The van der Waals surface area contributed by atoms with Crippen LogP contribution in [0.3, 0.4) is 0 Å². The molecule has 1 unspecified atom stereocenters. The van der Waals surface area contributed by atoms with E-state index < -0.39 is 12.0 Å². The average molecular weight is 283 g/mol. The SMILES string of the molecule is CN(C(=O)CN1CCCCC1C(=O)O)c1nccs1. The molecule has 1 saturated heterocycles. The summed E-state index contributed by atoms with van der Waals surface area (Å²) in [4.78, 5) is 30.6. The van der Waals surface area contributed by atoms with Gasteiger partial charge in [-0.2, -0.15) is 0 Å². The number of anilines is 1. The van der Waals surface area contributed by atoms with Crippen LogP contribution in [0.5, 0.6) is 0 Å². The van der Waals surface area contributed by atoms with Crippen molar-refractivity contribution in [3.8, 4) is 0 Å². The Morgan fingerprint density at radius 1 is 1.58 bits per heavy atom. The lowest BCUT2D eigenvalue weighted by atomic mass is 10.0. The maximum atomic E-state index is 12.1. The van der Waals surface area contributed by atoms with E-state index >= 15 is 0 Å². The fraction of sp³-hybridized carbons (Fsp3) is 0.583. The summed E-state index contributed by atoms with van der Waals surface area (Å²) in [5, 5.41) is 11.6. The summed E-state index contributed by atoms with van der Waals surface area (Å²) in [6.07, 6.45) is 4.11. The number of nitrogens with zero attached hydrogens (tertiary/aromatic N) is 3. The maximum absolute atomic E-state index is 12.1. The summed E-state index contributed by atoms with van der Waals surface area (Å²) >= 11 is 1.39. The van der Waals surface area contributed by atoms with Gasteiger partial charge in [-0.3, -0.25) is 19.4 Å². The van der Waals surface area contributed by atoms with Gasteiger partial charge < -0.3 is 5.11 Å². The molecule has 2 rings (SSSR count). The Morgan fingerprint density at radius 3 is 3.00 bits per heavy atom. The molecule has 1 N–H and O–H groups in total. The van der Waals surface area contributed by atoms with E-state index in [9.17, 15) is 9.59 Å². The Labute approximate surface area is 115 Å². The van der Waals surface area contributed by atoms with Gasteiger partial charge in [-0.15, -0.1) is 11.3 Å². The molecule has 1 aromatic heterocycles. The van der Waals surface area contributed by atoms with Crippen molar-refractivity contribution in [1.29, 1.82) is 0 Å². The monoisotopic (exact) mass is 283 g/mol. The van der Waals surface area contributed by atoms with Crippen LogP contribution in [0.1, 0.15) is 19.3 Å². The fourth-order valence-corrected chi connectivity index (χ4v) is 2.85. The number of aliphatic carboxylic acids is 1. The number of carboxylic acid groups (broad SMARTS) is 1. The van der Waals surface area contributed by atoms with Crippen LogP contribution in [0.2, 0.25) is 0 Å². The molecular formula is C12H17N3O3S. The first-order valence-corrected chi connectivity index (χ1v) is 7.10. The van der Waals surface area contributed by atoms with E-state index in [1.54, 1.807) is 23.5 Å². The van der Waals surface area contributed by atoms with E-state index in [1.165, 1.54) is 16.2 Å². The standard InChI is InChI=1S/C12H17N3O3S/c1-14(12-13-5-7-19-12)10(16)8-15-6-3-2-4-9(15)11(17)18/h5,7,9H,2-4,6,8H2,1H3,(H,17,18). The smallest absolute Gasteiger partial charge is 0.320 e. The number of likely N-dealkylation sites (tertiary alicyclic amines) is 1. The number of rotatable bonds is 4. The molecule has 1 aromatic rings. The minimum atomic E-state index is -0.843. The lowest BCUT2D eigenvalue weighted by Gasteiger charge is -2.33. The van der Waals surface area contributed by atoms with Gasteiger partial charge in [-0.25, -0.2) is 4.98 Å². The Morgan fingerprint density at radius 2 is 2.37 bits per heavy atom. The number of carboxylic acids is 1. The molecule has 104 valence electrons. The molecule has 7 heteroatoms. The Balaban J connectivity index is 1.99. The zero-order valence-electron chi connectivity index (χ0n) is 10.8. The number of carbonyl (C=O) groups is 2. The number of aromatic nitrogens is 1. The zero-order chi connectivity index (χ0) is 13.8. The van der Waals surface area contributed by atoms with Crippen LogP contribution in [0.25, 0.3) is 0 Å². The van der Waals surface area contributed by atoms with Crippen molar-refractivity contribution in [2.75, 3.05) is 25.0 Å². The van der Waals surface area contributed by atoms with Gasteiger partial charge in [0.15, 0.2) is 5.13 Å². The molecule has 0 radical (unpaired) electrons. The molecule has 0 aliphatic carbocycles. The molecular weight excluding hydrogens is 266 g/mol. The summed E-state index contributed by atoms with van der Waals surface area (Å²) in [5.41, 5.74) is 0. The Bertz CT molecular complexity index is 449. The number of hydrogen-bond acceptors (Lipinski definition) is 5. The summed E-state index contributed by atoms with van der Waals surface area (Å²) in [6.45, 7) is 0.793. The maximum Gasteiger partial charge on any atom is 0.320 e. The molecule has 1 aliphatic heterocycles. The minimum Gasteiger partial charge on any atom is -0.480 e. The third-order valence-corrected chi connectivity index (χ3v) is 4.17. The highest BCUT2D eigenvalue weighted by molar-refractivity contribution is 7.13. The van der Waals surface area contributed by atoms with Gasteiger partial charge >= 0.3 is 5.97 Å². The van der Waals surface area contributed by atoms with Crippen LogP contribution in [-0.2, 0) is 9.59 Å². The van der Waals surface area contributed by atoms with Gasteiger partial charge in [-0.1, -0.05) is 6.42 Å². The minimum absolute atomic E-state index is 0.122. The topological polar surface area (TPSA) is 73.7 Å². The van der Waals surface area contributed by atoms with Crippen molar-refractivity contribution >= 4 is 28.3 Å². The van der Waals surface area contributed by atoms with E-state index in [-0.39, 0.29) is 12.5 Å². The highest BCUT2D eigenvalue weighted by Gasteiger charge is 2.30. The summed E-state index contributed by atoms with van der Waals surface area (Å²) in [6, 6.07) is -0.539. The van der Waals surface area contributed by atoms with Crippen molar-refractivity contribution in [2.45, 2.75) is 25.3 Å². The second-order valence-electron chi connectivity index (χ2n) is 4.59. The largest absolute Gasteiger partial charge is 0.480 e. The Kier molecular flexibility index (Phi) is 4.49. The molecule has 1 fully saturated rings. The molecule has 2 heterocycles. The molecule has 0 aromatic carbocycles. The molecule has 1 aliphatic rings. The fourth-order valence-electron chi connectivity index (χ4n) is 2.23. The highest BCUT2D eigenvalue weighted by Crippen LogP contribution is 2.19. The number of carbonyl (C=O) groups excluding carboxylic acids is 1.